The number of piperazine rings is 1. The molecule has 110 valence electrons. The number of nitro benzene ring substituents is 1. The predicted molar refractivity (Wildman–Crippen MR) is 73.1 cm³/mol. The molecule has 0 aliphatic carbocycles. The molecule has 0 radical (unpaired) electrons. The highest BCUT2D eigenvalue weighted by molar-refractivity contribution is 6.06. The predicted octanol–water partition coefficient (Wildman–Crippen LogP) is 0.649. The van der Waals surface area contributed by atoms with Gasteiger partial charge in [-0.2, -0.15) is 0 Å². The molecular formula is C13H13N3O5. The highest BCUT2D eigenvalue weighted by Crippen LogP contribution is 2.30. The number of anilines is 1. The Bertz CT molecular complexity index is 653. The van der Waals surface area contributed by atoms with Gasteiger partial charge in [-0.1, -0.05) is 0 Å². The standard InChI is InChI=1S/C13H13N3O5/c1-13(2)12(19)14-11(18)6-15(13)9-3-4-10(16(20)21)8(5-9)7-17/h3-5,7H,6H2,1-2H3,(H,14,18,19). The van der Waals surface area contributed by atoms with E-state index >= 15 is 0 Å². The Hall–Kier alpha value is -2.77. The van der Waals surface area contributed by atoms with Crippen LogP contribution in [0.25, 0.3) is 0 Å². The lowest BCUT2D eigenvalue weighted by Crippen LogP contribution is -2.64. The van der Waals surface area contributed by atoms with Gasteiger partial charge in [-0.25, -0.2) is 0 Å². The third-order valence-corrected chi connectivity index (χ3v) is 3.43. The lowest BCUT2D eigenvalue weighted by atomic mass is 9.97. The van der Waals surface area contributed by atoms with Crippen LogP contribution in [0.15, 0.2) is 18.2 Å². The van der Waals surface area contributed by atoms with Crippen molar-refractivity contribution in [3.05, 3.63) is 33.9 Å². The van der Waals surface area contributed by atoms with Gasteiger partial charge in [0, 0.05) is 11.8 Å². The van der Waals surface area contributed by atoms with Crippen LogP contribution in [0.1, 0.15) is 24.2 Å². The van der Waals surface area contributed by atoms with Crippen molar-refractivity contribution in [2.75, 3.05) is 11.4 Å². The number of imide groups is 1. The monoisotopic (exact) mass is 291 g/mol. The molecule has 0 bridgehead atoms. The van der Waals surface area contributed by atoms with Gasteiger partial charge >= 0.3 is 0 Å². The van der Waals surface area contributed by atoms with Gasteiger partial charge in [0.2, 0.25) is 5.91 Å². The Balaban J connectivity index is 2.50. The number of benzene rings is 1. The van der Waals surface area contributed by atoms with Gasteiger partial charge in [-0.05, 0) is 26.0 Å². The summed E-state index contributed by atoms with van der Waals surface area (Å²) in [6.07, 6.45) is 0.375. The van der Waals surface area contributed by atoms with Crippen LogP contribution in [0, 0.1) is 10.1 Å². The molecule has 0 atom stereocenters. The van der Waals surface area contributed by atoms with Crippen molar-refractivity contribution >= 4 is 29.5 Å². The molecule has 0 aromatic heterocycles. The number of nitro groups is 1. The molecule has 0 spiro atoms. The average molecular weight is 291 g/mol. The number of nitrogens with one attached hydrogen (secondary N) is 1. The SMILES string of the molecule is CC1(C)C(=O)NC(=O)CN1c1ccc([N+](=O)[O-])c(C=O)c1. The van der Waals surface area contributed by atoms with E-state index in [1.165, 1.54) is 23.1 Å². The van der Waals surface area contributed by atoms with E-state index in [9.17, 15) is 24.5 Å². The highest BCUT2D eigenvalue weighted by atomic mass is 16.6. The topological polar surface area (TPSA) is 110 Å². The number of hydrogen-bond acceptors (Lipinski definition) is 6. The molecular weight excluding hydrogens is 278 g/mol. The maximum absolute atomic E-state index is 11.9. The van der Waals surface area contributed by atoms with E-state index in [4.69, 9.17) is 0 Å². The van der Waals surface area contributed by atoms with E-state index in [0.717, 1.165) is 0 Å². The van der Waals surface area contributed by atoms with Crippen LogP contribution in [0.4, 0.5) is 11.4 Å². The molecule has 0 saturated carbocycles. The number of aldehydes is 1. The summed E-state index contributed by atoms with van der Waals surface area (Å²) in [7, 11) is 0. The second kappa shape index (κ2) is 4.97. The Morgan fingerprint density at radius 3 is 2.62 bits per heavy atom. The minimum atomic E-state index is -1.01. The summed E-state index contributed by atoms with van der Waals surface area (Å²) in [5.41, 5.74) is -1.04. The van der Waals surface area contributed by atoms with Crippen molar-refractivity contribution < 1.29 is 19.3 Å². The Morgan fingerprint density at radius 2 is 2.05 bits per heavy atom. The van der Waals surface area contributed by atoms with Crippen molar-refractivity contribution in [3.63, 3.8) is 0 Å². The number of hydrogen-bond donors (Lipinski definition) is 1. The molecule has 8 nitrogen and oxygen atoms in total. The van der Waals surface area contributed by atoms with Crippen molar-refractivity contribution in [2.24, 2.45) is 0 Å². The lowest BCUT2D eigenvalue weighted by molar-refractivity contribution is -0.385. The molecule has 1 aromatic carbocycles. The summed E-state index contributed by atoms with van der Waals surface area (Å²) in [6, 6.07) is 3.91. The highest BCUT2D eigenvalue weighted by Gasteiger charge is 2.41. The van der Waals surface area contributed by atoms with Crippen molar-refractivity contribution in [1.82, 2.24) is 5.32 Å². The molecule has 1 fully saturated rings. The summed E-state index contributed by atoms with van der Waals surface area (Å²) in [5.74, 6) is -0.935. The summed E-state index contributed by atoms with van der Waals surface area (Å²) < 4.78 is 0. The average Bonchev–Trinajstić information content (AvgIpc) is 2.42. The van der Waals surface area contributed by atoms with Gasteiger partial charge in [-0.3, -0.25) is 29.8 Å². The summed E-state index contributed by atoms with van der Waals surface area (Å²) in [5, 5.41) is 13.0. The fourth-order valence-electron chi connectivity index (χ4n) is 2.17. The van der Waals surface area contributed by atoms with Gasteiger partial charge in [0.05, 0.1) is 17.0 Å². The van der Waals surface area contributed by atoms with E-state index in [-0.39, 0.29) is 17.8 Å². The largest absolute Gasteiger partial charge is 0.348 e. The molecule has 1 aliphatic rings. The number of carbonyl (C=O) groups excluding carboxylic acids is 3. The van der Waals surface area contributed by atoms with E-state index < -0.39 is 22.3 Å². The van der Waals surface area contributed by atoms with Crippen LogP contribution in [0.2, 0.25) is 0 Å². The first-order valence-electron chi connectivity index (χ1n) is 6.13. The molecule has 2 rings (SSSR count). The molecule has 1 heterocycles. The van der Waals surface area contributed by atoms with Crippen LogP contribution < -0.4 is 10.2 Å². The van der Waals surface area contributed by atoms with Crippen LogP contribution >= 0.6 is 0 Å². The number of amides is 2. The van der Waals surface area contributed by atoms with Gasteiger partial charge < -0.3 is 4.90 Å². The Kier molecular flexibility index (Phi) is 3.46. The number of rotatable bonds is 3. The zero-order chi connectivity index (χ0) is 15.8. The van der Waals surface area contributed by atoms with Crippen LogP contribution in [0.3, 0.4) is 0 Å². The normalized spacial score (nSPS) is 17.3. The Labute approximate surface area is 119 Å². The lowest BCUT2D eigenvalue weighted by Gasteiger charge is -2.41. The van der Waals surface area contributed by atoms with Crippen LogP contribution in [0.5, 0.6) is 0 Å². The minimum Gasteiger partial charge on any atom is -0.348 e. The molecule has 2 amide bonds. The summed E-state index contributed by atoms with van der Waals surface area (Å²) >= 11 is 0. The van der Waals surface area contributed by atoms with E-state index in [0.29, 0.717) is 12.0 Å². The summed E-state index contributed by atoms with van der Waals surface area (Å²) in [4.78, 5) is 46.1. The van der Waals surface area contributed by atoms with E-state index in [2.05, 4.69) is 5.32 Å². The third kappa shape index (κ3) is 2.47. The van der Waals surface area contributed by atoms with E-state index in [1.807, 2.05) is 0 Å². The Morgan fingerprint density at radius 1 is 1.38 bits per heavy atom. The van der Waals surface area contributed by atoms with Gasteiger partial charge in [0.15, 0.2) is 6.29 Å². The first-order chi connectivity index (χ1) is 9.77. The molecule has 8 heteroatoms. The smallest absolute Gasteiger partial charge is 0.280 e. The molecule has 1 aromatic rings. The minimum absolute atomic E-state index is 0.0746. The molecule has 21 heavy (non-hydrogen) atoms. The molecule has 1 saturated heterocycles. The third-order valence-electron chi connectivity index (χ3n) is 3.43. The fourth-order valence-corrected chi connectivity index (χ4v) is 2.17. The quantitative estimate of drug-likeness (QED) is 0.379. The second-order valence-electron chi connectivity index (χ2n) is 5.14. The van der Waals surface area contributed by atoms with E-state index in [1.54, 1.807) is 13.8 Å². The van der Waals surface area contributed by atoms with Crippen molar-refractivity contribution in [1.29, 1.82) is 0 Å². The fraction of sp³-hybridized carbons (Fsp3) is 0.308. The van der Waals surface area contributed by atoms with Crippen molar-refractivity contribution in [3.8, 4) is 0 Å². The summed E-state index contributed by atoms with van der Waals surface area (Å²) in [6.45, 7) is 3.17. The maximum Gasteiger partial charge on any atom is 0.280 e. The maximum atomic E-state index is 11.9. The van der Waals surface area contributed by atoms with Gasteiger partial charge in [-0.15, -0.1) is 0 Å². The zero-order valence-corrected chi connectivity index (χ0v) is 11.5. The van der Waals surface area contributed by atoms with Crippen LogP contribution in [-0.2, 0) is 9.59 Å². The van der Waals surface area contributed by atoms with Crippen molar-refractivity contribution in [2.45, 2.75) is 19.4 Å². The van der Waals surface area contributed by atoms with Crippen LogP contribution in [-0.4, -0.2) is 35.1 Å². The van der Waals surface area contributed by atoms with Gasteiger partial charge in [0.1, 0.15) is 5.54 Å². The molecule has 0 unspecified atom stereocenters. The molecule has 1 aliphatic heterocycles. The number of nitrogens with zero attached hydrogens (tertiary/aromatic N) is 2. The zero-order valence-electron chi connectivity index (χ0n) is 11.5. The second-order valence-corrected chi connectivity index (χ2v) is 5.14. The molecule has 1 N–H and O–H groups in total. The number of carbonyl (C=O) groups is 3. The van der Waals surface area contributed by atoms with Gasteiger partial charge in [0.25, 0.3) is 11.6 Å². The first-order valence-corrected chi connectivity index (χ1v) is 6.13. The first kappa shape index (κ1) is 14.6.